The Hall–Kier alpha value is -1.46. The Morgan fingerprint density at radius 2 is 2.10 bits per heavy atom. The summed E-state index contributed by atoms with van der Waals surface area (Å²) < 4.78 is 5.72. The lowest BCUT2D eigenvalue weighted by atomic mass is 10.2. The molecule has 1 heterocycles. The number of hydrogen-bond donors (Lipinski definition) is 1. The Bertz CT molecular complexity index is 527. The van der Waals surface area contributed by atoms with Crippen LogP contribution in [0.15, 0.2) is 24.3 Å². The SMILES string of the molecule is CCCNCc1nnc(CCOc2cccc(C)c2)s1. The monoisotopic (exact) mass is 291 g/mol. The van der Waals surface area contributed by atoms with Crippen LogP contribution in [0.3, 0.4) is 0 Å². The molecule has 0 saturated carbocycles. The van der Waals surface area contributed by atoms with Crippen molar-refractivity contribution in [2.45, 2.75) is 33.2 Å². The van der Waals surface area contributed by atoms with Gasteiger partial charge in [-0.2, -0.15) is 0 Å². The van der Waals surface area contributed by atoms with E-state index >= 15 is 0 Å². The van der Waals surface area contributed by atoms with Gasteiger partial charge in [-0.05, 0) is 37.6 Å². The lowest BCUT2D eigenvalue weighted by Gasteiger charge is -2.04. The highest BCUT2D eigenvalue weighted by Gasteiger charge is 2.04. The quantitative estimate of drug-likeness (QED) is 0.760. The van der Waals surface area contributed by atoms with Gasteiger partial charge in [0.1, 0.15) is 15.8 Å². The number of nitrogens with zero attached hydrogens (tertiary/aromatic N) is 2. The van der Waals surface area contributed by atoms with Crippen LogP contribution in [0.1, 0.15) is 28.9 Å². The molecule has 2 rings (SSSR count). The molecule has 20 heavy (non-hydrogen) atoms. The summed E-state index contributed by atoms with van der Waals surface area (Å²) in [5.41, 5.74) is 1.21. The van der Waals surface area contributed by atoms with E-state index in [9.17, 15) is 0 Å². The Balaban J connectivity index is 1.74. The van der Waals surface area contributed by atoms with Crippen LogP contribution in [0.25, 0.3) is 0 Å². The predicted molar refractivity (Wildman–Crippen MR) is 82.3 cm³/mol. The number of rotatable bonds is 8. The second kappa shape index (κ2) is 7.97. The summed E-state index contributed by atoms with van der Waals surface area (Å²) in [6.45, 7) is 6.68. The van der Waals surface area contributed by atoms with Crippen molar-refractivity contribution in [1.82, 2.24) is 15.5 Å². The van der Waals surface area contributed by atoms with Crippen LogP contribution in [0.5, 0.6) is 5.75 Å². The van der Waals surface area contributed by atoms with Gasteiger partial charge >= 0.3 is 0 Å². The van der Waals surface area contributed by atoms with Crippen molar-refractivity contribution in [3.05, 3.63) is 39.8 Å². The molecule has 0 spiro atoms. The zero-order chi connectivity index (χ0) is 14.2. The molecule has 2 aromatic rings. The summed E-state index contributed by atoms with van der Waals surface area (Å²) in [5, 5.41) is 13.8. The maximum Gasteiger partial charge on any atom is 0.131 e. The van der Waals surface area contributed by atoms with Gasteiger partial charge in [0.2, 0.25) is 0 Å². The molecule has 0 fully saturated rings. The molecule has 0 unspecified atom stereocenters. The molecule has 0 atom stereocenters. The lowest BCUT2D eigenvalue weighted by Crippen LogP contribution is -2.13. The fourth-order valence-corrected chi connectivity index (χ4v) is 2.59. The van der Waals surface area contributed by atoms with E-state index < -0.39 is 0 Å². The van der Waals surface area contributed by atoms with E-state index in [1.165, 1.54) is 5.56 Å². The van der Waals surface area contributed by atoms with Crippen molar-refractivity contribution < 1.29 is 4.74 Å². The minimum Gasteiger partial charge on any atom is -0.493 e. The molecule has 1 aromatic carbocycles. The summed E-state index contributed by atoms with van der Waals surface area (Å²) in [6, 6.07) is 8.09. The largest absolute Gasteiger partial charge is 0.493 e. The van der Waals surface area contributed by atoms with Crippen molar-refractivity contribution in [1.29, 1.82) is 0 Å². The van der Waals surface area contributed by atoms with Gasteiger partial charge in [0.05, 0.1) is 6.61 Å². The van der Waals surface area contributed by atoms with Crippen LogP contribution in [0.4, 0.5) is 0 Å². The maximum atomic E-state index is 5.72. The second-order valence-electron chi connectivity index (χ2n) is 4.68. The minimum atomic E-state index is 0.639. The van der Waals surface area contributed by atoms with Crippen molar-refractivity contribution in [2.75, 3.05) is 13.2 Å². The van der Waals surface area contributed by atoms with Gasteiger partial charge in [0.25, 0.3) is 0 Å². The van der Waals surface area contributed by atoms with Crippen LogP contribution >= 0.6 is 11.3 Å². The van der Waals surface area contributed by atoms with Gasteiger partial charge in [-0.25, -0.2) is 0 Å². The number of ether oxygens (including phenoxy) is 1. The van der Waals surface area contributed by atoms with Crippen molar-refractivity contribution in [2.24, 2.45) is 0 Å². The number of nitrogens with one attached hydrogen (secondary N) is 1. The Labute approximate surface area is 124 Å². The third-order valence-corrected chi connectivity index (χ3v) is 3.77. The minimum absolute atomic E-state index is 0.639. The first-order chi connectivity index (χ1) is 9.78. The van der Waals surface area contributed by atoms with Crippen LogP contribution < -0.4 is 10.1 Å². The van der Waals surface area contributed by atoms with Gasteiger partial charge in [0, 0.05) is 13.0 Å². The molecule has 0 bridgehead atoms. The molecule has 1 N–H and O–H groups in total. The van der Waals surface area contributed by atoms with Crippen molar-refractivity contribution in [3.8, 4) is 5.75 Å². The van der Waals surface area contributed by atoms with Gasteiger partial charge in [-0.15, -0.1) is 21.5 Å². The first kappa shape index (κ1) is 14.9. The molecule has 1 aromatic heterocycles. The standard InChI is InChI=1S/C15H21N3OS/c1-3-8-16-11-15-18-17-14(20-15)7-9-19-13-6-4-5-12(2)10-13/h4-6,10,16H,3,7-9,11H2,1-2H3. The Morgan fingerprint density at radius 1 is 1.25 bits per heavy atom. The van der Waals surface area contributed by atoms with E-state index in [4.69, 9.17) is 4.74 Å². The fraction of sp³-hybridized carbons (Fsp3) is 0.467. The summed E-state index contributed by atoms with van der Waals surface area (Å²) in [6.07, 6.45) is 1.94. The number of aryl methyl sites for hydroxylation is 1. The summed E-state index contributed by atoms with van der Waals surface area (Å²) >= 11 is 1.66. The van der Waals surface area contributed by atoms with E-state index in [1.807, 2.05) is 18.2 Å². The molecule has 0 radical (unpaired) electrons. The van der Waals surface area contributed by atoms with Gasteiger partial charge in [-0.3, -0.25) is 0 Å². The predicted octanol–water partition coefficient (Wildman–Crippen LogP) is 2.97. The Kier molecular flexibility index (Phi) is 5.95. The fourth-order valence-electron chi connectivity index (χ4n) is 1.79. The van der Waals surface area contributed by atoms with Crippen molar-refractivity contribution >= 4 is 11.3 Å². The average molecular weight is 291 g/mol. The highest BCUT2D eigenvalue weighted by atomic mass is 32.1. The molecule has 0 aliphatic rings. The first-order valence-corrected chi connectivity index (χ1v) is 7.81. The van der Waals surface area contributed by atoms with E-state index in [0.717, 1.165) is 41.7 Å². The van der Waals surface area contributed by atoms with Gasteiger partial charge in [0.15, 0.2) is 0 Å². The second-order valence-corrected chi connectivity index (χ2v) is 5.83. The molecule has 5 heteroatoms. The molecule has 108 valence electrons. The van der Waals surface area contributed by atoms with E-state index in [0.29, 0.717) is 6.61 Å². The highest BCUT2D eigenvalue weighted by molar-refractivity contribution is 7.11. The number of benzene rings is 1. The van der Waals surface area contributed by atoms with Crippen LogP contribution in [0.2, 0.25) is 0 Å². The molecule has 0 aliphatic carbocycles. The van der Waals surface area contributed by atoms with Gasteiger partial charge < -0.3 is 10.1 Å². The van der Waals surface area contributed by atoms with Gasteiger partial charge in [-0.1, -0.05) is 19.1 Å². The molecular weight excluding hydrogens is 270 g/mol. The average Bonchev–Trinajstić information content (AvgIpc) is 2.87. The summed E-state index contributed by atoms with van der Waals surface area (Å²) in [4.78, 5) is 0. The van der Waals surface area contributed by atoms with Crippen LogP contribution in [-0.4, -0.2) is 23.3 Å². The number of aromatic nitrogens is 2. The van der Waals surface area contributed by atoms with Crippen LogP contribution in [-0.2, 0) is 13.0 Å². The smallest absolute Gasteiger partial charge is 0.131 e. The van der Waals surface area contributed by atoms with E-state index in [1.54, 1.807) is 11.3 Å². The van der Waals surface area contributed by atoms with Crippen LogP contribution in [0, 0.1) is 6.92 Å². The van der Waals surface area contributed by atoms with Crippen molar-refractivity contribution in [3.63, 3.8) is 0 Å². The zero-order valence-electron chi connectivity index (χ0n) is 12.1. The zero-order valence-corrected chi connectivity index (χ0v) is 12.9. The first-order valence-electron chi connectivity index (χ1n) is 6.99. The third-order valence-electron chi connectivity index (χ3n) is 2.79. The summed E-state index contributed by atoms with van der Waals surface area (Å²) in [5.74, 6) is 0.916. The molecule has 0 saturated heterocycles. The lowest BCUT2D eigenvalue weighted by molar-refractivity contribution is 0.321. The summed E-state index contributed by atoms with van der Waals surface area (Å²) in [7, 11) is 0. The third kappa shape index (κ3) is 4.90. The topological polar surface area (TPSA) is 47.0 Å². The Morgan fingerprint density at radius 3 is 2.90 bits per heavy atom. The normalized spacial score (nSPS) is 10.7. The molecular formula is C15H21N3OS. The molecule has 4 nitrogen and oxygen atoms in total. The number of hydrogen-bond acceptors (Lipinski definition) is 5. The van der Waals surface area contributed by atoms with E-state index in [-0.39, 0.29) is 0 Å². The molecule has 0 amide bonds. The maximum absolute atomic E-state index is 5.72. The molecule has 0 aliphatic heterocycles. The van der Waals surface area contributed by atoms with E-state index in [2.05, 4.69) is 35.4 Å². The highest BCUT2D eigenvalue weighted by Crippen LogP contribution is 2.14.